The zero-order chi connectivity index (χ0) is 14.8. The van der Waals surface area contributed by atoms with Gasteiger partial charge in [-0.05, 0) is 17.7 Å². The van der Waals surface area contributed by atoms with Crippen molar-refractivity contribution in [2.45, 2.75) is 6.42 Å². The lowest BCUT2D eigenvalue weighted by atomic mass is 10.1. The van der Waals surface area contributed by atoms with Crippen LogP contribution in [0.5, 0.6) is 0 Å². The largest absolute Gasteiger partial charge is 0.383 e. The molecule has 0 aliphatic rings. The summed E-state index contributed by atoms with van der Waals surface area (Å²) in [6.45, 7) is 2.88. The van der Waals surface area contributed by atoms with E-state index < -0.39 is 0 Å². The number of hydrogen-bond donors (Lipinski definition) is 0. The zero-order valence-corrected chi connectivity index (χ0v) is 12.1. The molecule has 0 bridgehead atoms. The number of ether oxygens (including phenoxy) is 2. The minimum absolute atomic E-state index is 0.101. The number of nitrogens with zero attached hydrogens (tertiary/aromatic N) is 1. The lowest BCUT2D eigenvalue weighted by Gasteiger charge is -2.20. The van der Waals surface area contributed by atoms with Gasteiger partial charge in [0.05, 0.1) is 19.8 Å². The fourth-order valence-corrected chi connectivity index (χ4v) is 1.85. The number of halogens is 1. The van der Waals surface area contributed by atoms with E-state index in [1.807, 2.05) is 4.90 Å². The normalized spacial score (nSPS) is 11.0. The minimum atomic E-state index is -0.289. The molecule has 0 fully saturated rings. The lowest BCUT2D eigenvalue weighted by molar-refractivity contribution is -0.119. The van der Waals surface area contributed by atoms with Gasteiger partial charge in [-0.25, -0.2) is 4.39 Å². The second-order valence-electron chi connectivity index (χ2n) is 4.60. The first-order valence-corrected chi connectivity index (χ1v) is 6.62. The molecule has 1 aromatic carbocycles. The summed E-state index contributed by atoms with van der Waals surface area (Å²) in [4.78, 5) is 14.0. The van der Waals surface area contributed by atoms with Gasteiger partial charge in [0.1, 0.15) is 5.82 Å². The summed E-state index contributed by atoms with van der Waals surface area (Å²) in [7, 11) is 3.27. The number of hydrogen-bond acceptors (Lipinski definition) is 4. The van der Waals surface area contributed by atoms with E-state index >= 15 is 0 Å². The first kappa shape index (κ1) is 16.8. The Morgan fingerprint density at radius 2 is 1.65 bits per heavy atom. The van der Waals surface area contributed by atoms with E-state index in [4.69, 9.17) is 9.47 Å². The van der Waals surface area contributed by atoms with Crippen molar-refractivity contribution in [2.75, 3.05) is 47.1 Å². The molecular formula is C15H22FNO3. The molecule has 1 aromatic rings. The molecule has 5 heteroatoms. The molecule has 0 amide bonds. The summed E-state index contributed by atoms with van der Waals surface area (Å²) in [6.07, 6.45) is 0.316. The van der Waals surface area contributed by atoms with Crippen molar-refractivity contribution < 1.29 is 18.7 Å². The predicted molar refractivity (Wildman–Crippen MR) is 75.3 cm³/mol. The summed E-state index contributed by atoms with van der Waals surface area (Å²) in [6, 6.07) is 6.02. The van der Waals surface area contributed by atoms with Gasteiger partial charge in [0.15, 0.2) is 5.78 Å². The van der Waals surface area contributed by atoms with E-state index in [1.54, 1.807) is 26.4 Å². The monoisotopic (exact) mass is 283 g/mol. The maximum Gasteiger partial charge on any atom is 0.151 e. The third-order valence-electron chi connectivity index (χ3n) is 2.94. The number of carbonyl (C=O) groups excluding carboxylic acids is 1. The summed E-state index contributed by atoms with van der Waals surface area (Å²) in [5.74, 6) is -0.188. The molecular weight excluding hydrogens is 261 g/mol. The Hall–Kier alpha value is -1.30. The standard InChI is InChI=1S/C15H22FNO3/c1-19-9-7-17(8-10-20-2)12-15(18)11-13-3-5-14(16)6-4-13/h3-6H,7-12H2,1-2H3. The van der Waals surface area contributed by atoms with Crippen molar-refractivity contribution in [1.82, 2.24) is 4.90 Å². The third kappa shape index (κ3) is 6.75. The number of rotatable bonds is 10. The van der Waals surface area contributed by atoms with Gasteiger partial charge in [-0.3, -0.25) is 9.69 Å². The molecule has 112 valence electrons. The fraction of sp³-hybridized carbons (Fsp3) is 0.533. The van der Waals surface area contributed by atoms with Gasteiger partial charge < -0.3 is 9.47 Å². The molecule has 0 saturated heterocycles. The SMILES string of the molecule is COCCN(CCOC)CC(=O)Cc1ccc(F)cc1. The van der Waals surface area contributed by atoms with Gasteiger partial charge in [0.25, 0.3) is 0 Å². The third-order valence-corrected chi connectivity index (χ3v) is 2.94. The molecule has 0 spiro atoms. The minimum Gasteiger partial charge on any atom is -0.383 e. The van der Waals surface area contributed by atoms with E-state index in [2.05, 4.69) is 0 Å². The zero-order valence-electron chi connectivity index (χ0n) is 12.1. The highest BCUT2D eigenvalue weighted by atomic mass is 19.1. The summed E-state index contributed by atoms with van der Waals surface area (Å²) in [5.41, 5.74) is 0.829. The highest BCUT2D eigenvalue weighted by molar-refractivity contribution is 5.82. The van der Waals surface area contributed by atoms with Crippen LogP contribution in [0.2, 0.25) is 0 Å². The Morgan fingerprint density at radius 1 is 1.10 bits per heavy atom. The summed E-state index contributed by atoms with van der Waals surface area (Å²) in [5, 5.41) is 0. The number of carbonyl (C=O) groups is 1. The molecule has 0 N–H and O–H groups in total. The average molecular weight is 283 g/mol. The van der Waals surface area contributed by atoms with Crippen LogP contribution in [-0.4, -0.2) is 57.8 Å². The predicted octanol–water partition coefficient (Wildman–Crippen LogP) is 1.53. The average Bonchev–Trinajstić information content (AvgIpc) is 2.44. The van der Waals surface area contributed by atoms with Crippen LogP contribution >= 0.6 is 0 Å². The second-order valence-corrected chi connectivity index (χ2v) is 4.60. The van der Waals surface area contributed by atoms with Crippen LogP contribution in [0.15, 0.2) is 24.3 Å². The van der Waals surface area contributed by atoms with Gasteiger partial charge >= 0.3 is 0 Å². The van der Waals surface area contributed by atoms with Crippen molar-refractivity contribution in [3.63, 3.8) is 0 Å². The summed E-state index contributed by atoms with van der Waals surface area (Å²) >= 11 is 0. The molecule has 0 atom stereocenters. The quantitative estimate of drug-likeness (QED) is 0.653. The van der Waals surface area contributed by atoms with Crippen molar-refractivity contribution >= 4 is 5.78 Å². The number of Topliss-reactive ketones (excluding diaryl/α,β-unsaturated/α-hetero) is 1. The molecule has 0 radical (unpaired) electrons. The maximum absolute atomic E-state index is 12.8. The van der Waals surface area contributed by atoms with Crippen molar-refractivity contribution in [3.05, 3.63) is 35.6 Å². The Labute approximate surface area is 119 Å². The van der Waals surface area contributed by atoms with E-state index in [0.717, 1.165) is 5.56 Å². The topological polar surface area (TPSA) is 38.8 Å². The second kappa shape index (κ2) is 9.58. The van der Waals surface area contributed by atoms with Gasteiger partial charge in [-0.15, -0.1) is 0 Å². The molecule has 20 heavy (non-hydrogen) atoms. The first-order chi connectivity index (χ1) is 9.65. The van der Waals surface area contributed by atoms with Crippen molar-refractivity contribution in [1.29, 1.82) is 0 Å². The highest BCUT2D eigenvalue weighted by Gasteiger charge is 2.11. The van der Waals surface area contributed by atoms with Crippen molar-refractivity contribution in [3.8, 4) is 0 Å². The summed E-state index contributed by atoms with van der Waals surface area (Å²) < 4.78 is 22.9. The van der Waals surface area contributed by atoms with Crippen LogP contribution in [0.1, 0.15) is 5.56 Å². The highest BCUT2D eigenvalue weighted by Crippen LogP contribution is 2.04. The first-order valence-electron chi connectivity index (χ1n) is 6.62. The van der Waals surface area contributed by atoms with Crippen LogP contribution in [-0.2, 0) is 20.7 Å². The molecule has 0 saturated carbocycles. The van der Waals surface area contributed by atoms with E-state index in [1.165, 1.54) is 12.1 Å². The maximum atomic E-state index is 12.8. The fourth-order valence-electron chi connectivity index (χ4n) is 1.85. The van der Waals surface area contributed by atoms with E-state index in [0.29, 0.717) is 39.3 Å². The Kier molecular flexibility index (Phi) is 8.02. The van der Waals surface area contributed by atoms with E-state index in [-0.39, 0.29) is 11.6 Å². The Bertz CT molecular complexity index is 387. The molecule has 0 heterocycles. The van der Waals surface area contributed by atoms with Gasteiger partial charge in [0.2, 0.25) is 0 Å². The van der Waals surface area contributed by atoms with Crippen LogP contribution in [0, 0.1) is 5.82 Å². The van der Waals surface area contributed by atoms with E-state index in [9.17, 15) is 9.18 Å². The van der Waals surface area contributed by atoms with Crippen LogP contribution in [0.4, 0.5) is 4.39 Å². The molecule has 0 aromatic heterocycles. The molecule has 1 rings (SSSR count). The molecule has 0 aliphatic heterocycles. The smallest absolute Gasteiger partial charge is 0.151 e. The number of ketones is 1. The lowest BCUT2D eigenvalue weighted by Crippen LogP contribution is -2.35. The number of methoxy groups -OCH3 is 2. The van der Waals surface area contributed by atoms with Crippen LogP contribution in [0.3, 0.4) is 0 Å². The van der Waals surface area contributed by atoms with Crippen LogP contribution in [0.25, 0.3) is 0 Å². The molecule has 4 nitrogen and oxygen atoms in total. The Balaban J connectivity index is 2.45. The molecule has 0 unspecified atom stereocenters. The molecule has 0 aliphatic carbocycles. The number of benzene rings is 1. The van der Waals surface area contributed by atoms with Crippen LogP contribution < -0.4 is 0 Å². The van der Waals surface area contributed by atoms with Crippen molar-refractivity contribution in [2.24, 2.45) is 0 Å². The van der Waals surface area contributed by atoms with Gasteiger partial charge in [0, 0.05) is 33.7 Å². The van der Waals surface area contributed by atoms with Gasteiger partial charge in [-0.2, -0.15) is 0 Å². The van der Waals surface area contributed by atoms with Gasteiger partial charge in [-0.1, -0.05) is 12.1 Å². The Morgan fingerprint density at radius 3 is 2.15 bits per heavy atom.